The first-order chi connectivity index (χ1) is 8.72. The molecule has 0 unspecified atom stereocenters. The fraction of sp³-hybridized carbons (Fsp3) is 0.533. The van der Waals surface area contributed by atoms with Crippen LogP contribution in [0.15, 0.2) is 24.3 Å². The summed E-state index contributed by atoms with van der Waals surface area (Å²) in [6.45, 7) is 2.84. The molecule has 1 rings (SSSR count). The van der Waals surface area contributed by atoms with Crippen molar-refractivity contribution in [3.8, 4) is 5.75 Å². The average molecular weight is 250 g/mol. The molecular weight excluding hydrogens is 228 g/mol. The predicted octanol–water partition coefficient (Wildman–Crippen LogP) is 3.66. The number of carboxylic acids is 1. The van der Waals surface area contributed by atoms with Crippen molar-refractivity contribution in [3.05, 3.63) is 29.8 Å². The molecule has 18 heavy (non-hydrogen) atoms. The second-order valence-electron chi connectivity index (χ2n) is 4.40. The van der Waals surface area contributed by atoms with E-state index >= 15 is 0 Å². The summed E-state index contributed by atoms with van der Waals surface area (Å²) in [5.41, 5.74) is 1.32. The van der Waals surface area contributed by atoms with Gasteiger partial charge in [-0.15, -0.1) is 0 Å². The zero-order valence-electron chi connectivity index (χ0n) is 11.0. The van der Waals surface area contributed by atoms with Gasteiger partial charge in [0.05, 0.1) is 6.61 Å². The lowest BCUT2D eigenvalue weighted by Gasteiger charge is -2.06. The maximum Gasteiger partial charge on any atom is 0.303 e. The third kappa shape index (κ3) is 6.28. The van der Waals surface area contributed by atoms with Gasteiger partial charge < -0.3 is 9.84 Å². The molecule has 3 heteroatoms. The molecule has 100 valence electrons. The zero-order chi connectivity index (χ0) is 13.2. The van der Waals surface area contributed by atoms with Gasteiger partial charge in [-0.3, -0.25) is 4.79 Å². The highest BCUT2D eigenvalue weighted by molar-refractivity contribution is 5.66. The van der Waals surface area contributed by atoms with E-state index in [1.165, 1.54) is 5.56 Å². The van der Waals surface area contributed by atoms with Crippen LogP contribution in [0.1, 0.15) is 44.6 Å². The van der Waals surface area contributed by atoms with E-state index < -0.39 is 5.97 Å². The Morgan fingerprint density at radius 3 is 2.39 bits per heavy atom. The van der Waals surface area contributed by atoms with Crippen LogP contribution in [0.4, 0.5) is 0 Å². The van der Waals surface area contributed by atoms with Crippen molar-refractivity contribution in [2.75, 3.05) is 6.61 Å². The number of rotatable bonds is 9. The topological polar surface area (TPSA) is 46.5 Å². The van der Waals surface area contributed by atoms with Gasteiger partial charge in [0.15, 0.2) is 0 Å². The Morgan fingerprint density at radius 2 is 1.78 bits per heavy atom. The van der Waals surface area contributed by atoms with E-state index in [4.69, 9.17) is 9.84 Å². The molecule has 0 aliphatic rings. The van der Waals surface area contributed by atoms with Gasteiger partial charge in [0.1, 0.15) is 5.75 Å². The van der Waals surface area contributed by atoms with Crippen LogP contribution in [0.5, 0.6) is 5.75 Å². The SMILES string of the molecule is CCc1ccc(OCCCCCCC(=O)O)cc1. The smallest absolute Gasteiger partial charge is 0.303 e. The number of carbonyl (C=O) groups is 1. The van der Waals surface area contributed by atoms with Crippen molar-refractivity contribution in [1.82, 2.24) is 0 Å². The molecule has 1 aromatic carbocycles. The first-order valence-corrected chi connectivity index (χ1v) is 6.66. The molecule has 0 atom stereocenters. The molecule has 1 aromatic rings. The van der Waals surface area contributed by atoms with Gasteiger partial charge in [0.25, 0.3) is 0 Å². The molecule has 0 aromatic heterocycles. The highest BCUT2D eigenvalue weighted by Crippen LogP contribution is 2.13. The van der Waals surface area contributed by atoms with E-state index in [9.17, 15) is 4.79 Å². The van der Waals surface area contributed by atoms with Gasteiger partial charge in [-0.1, -0.05) is 31.9 Å². The van der Waals surface area contributed by atoms with Crippen molar-refractivity contribution >= 4 is 5.97 Å². The molecule has 0 aliphatic heterocycles. The Morgan fingerprint density at radius 1 is 1.11 bits per heavy atom. The largest absolute Gasteiger partial charge is 0.494 e. The lowest BCUT2D eigenvalue weighted by molar-refractivity contribution is -0.137. The van der Waals surface area contributed by atoms with Crippen LogP contribution in [0.25, 0.3) is 0 Å². The molecule has 1 N–H and O–H groups in total. The summed E-state index contributed by atoms with van der Waals surface area (Å²) in [7, 11) is 0. The number of ether oxygens (including phenoxy) is 1. The standard InChI is InChI=1S/C15H22O3/c1-2-13-8-10-14(11-9-13)18-12-6-4-3-5-7-15(16)17/h8-11H,2-7,12H2,1H3,(H,16,17). The number of aliphatic carboxylic acids is 1. The minimum atomic E-state index is -0.706. The minimum Gasteiger partial charge on any atom is -0.494 e. The van der Waals surface area contributed by atoms with E-state index in [0.717, 1.165) is 37.9 Å². The molecule has 0 saturated heterocycles. The van der Waals surface area contributed by atoms with Gasteiger partial charge >= 0.3 is 5.97 Å². The van der Waals surface area contributed by atoms with Crippen molar-refractivity contribution in [3.63, 3.8) is 0 Å². The van der Waals surface area contributed by atoms with Gasteiger partial charge in [-0.05, 0) is 37.0 Å². The molecular formula is C15H22O3. The summed E-state index contributed by atoms with van der Waals surface area (Å²) < 4.78 is 5.62. The first kappa shape index (κ1) is 14.6. The van der Waals surface area contributed by atoms with Gasteiger partial charge in [0.2, 0.25) is 0 Å². The van der Waals surface area contributed by atoms with Gasteiger partial charge in [-0.25, -0.2) is 0 Å². The predicted molar refractivity (Wildman–Crippen MR) is 72.0 cm³/mol. The molecule has 0 fully saturated rings. The summed E-state index contributed by atoms with van der Waals surface area (Å²) in [4.78, 5) is 10.3. The Hall–Kier alpha value is -1.51. The third-order valence-electron chi connectivity index (χ3n) is 2.89. The van der Waals surface area contributed by atoms with E-state index in [-0.39, 0.29) is 6.42 Å². The van der Waals surface area contributed by atoms with Crippen LogP contribution in [-0.2, 0) is 11.2 Å². The lowest BCUT2D eigenvalue weighted by Crippen LogP contribution is -1.98. The van der Waals surface area contributed by atoms with Crippen molar-refractivity contribution in [2.24, 2.45) is 0 Å². The summed E-state index contributed by atoms with van der Waals surface area (Å²) in [6, 6.07) is 8.18. The van der Waals surface area contributed by atoms with E-state index in [0.29, 0.717) is 6.61 Å². The number of hydrogen-bond donors (Lipinski definition) is 1. The van der Waals surface area contributed by atoms with Crippen molar-refractivity contribution in [1.29, 1.82) is 0 Å². The first-order valence-electron chi connectivity index (χ1n) is 6.66. The zero-order valence-corrected chi connectivity index (χ0v) is 11.0. The summed E-state index contributed by atoms with van der Waals surface area (Å²) in [5.74, 6) is 0.208. The fourth-order valence-electron chi connectivity index (χ4n) is 1.74. The molecule has 0 spiro atoms. The van der Waals surface area contributed by atoms with Crippen LogP contribution in [0.2, 0.25) is 0 Å². The number of unbranched alkanes of at least 4 members (excludes halogenated alkanes) is 3. The molecule has 0 aliphatic carbocycles. The summed E-state index contributed by atoms with van der Waals surface area (Å²) >= 11 is 0. The second kappa shape index (κ2) is 8.56. The summed E-state index contributed by atoms with van der Waals surface area (Å²) in [5, 5.41) is 8.48. The van der Waals surface area contributed by atoms with Crippen molar-refractivity contribution in [2.45, 2.75) is 45.4 Å². The quantitative estimate of drug-likeness (QED) is 0.680. The normalized spacial score (nSPS) is 10.3. The number of aryl methyl sites for hydroxylation is 1. The maximum atomic E-state index is 10.3. The van der Waals surface area contributed by atoms with Crippen LogP contribution < -0.4 is 4.74 Å². The third-order valence-corrected chi connectivity index (χ3v) is 2.89. The van der Waals surface area contributed by atoms with Crippen LogP contribution in [0.3, 0.4) is 0 Å². The fourth-order valence-corrected chi connectivity index (χ4v) is 1.74. The van der Waals surface area contributed by atoms with E-state index in [1.54, 1.807) is 0 Å². The molecule has 0 heterocycles. The molecule has 0 amide bonds. The highest BCUT2D eigenvalue weighted by atomic mass is 16.5. The molecule has 0 bridgehead atoms. The van der Waals surface area contributed by atoms with Crippen LogP contribution in [0, 0.1) is 0 Å². The summed E-state index contributed by atoms with van der Waals surface area (Å²) in [6.07, 6.45) is 5.06. The molecule has 3 nitrogen and oxygen atoms in total. The van der Waals surface area contributed by atoms with E-state index in [1.807, 2.05) is 12.1 Å². The van der Waals surface area contributed by atoms with Crippen molar-refractivity contribution < 1.29 is 14.6 Å². The highest BCUT2D eigenvalue weighted by Gasteiger charge is 1.97. The monoisotopic (exact) mass is 250 g/mol. The van der Waals surface area contributed by atoms with Gasteiger partial charge in [0, 0.05) is 6.42 Å². The second-order valence-corrected chi connectivity index (χ2v) is 4.40. The molecule has 0 saturated carbocycles. The van der Waals surface area contributed by atoms with E-state index in [2.05, 4.69) is 19.1 Å². The molecule has 0 radical (unpaired) electrons. The van der Waals surface area contributed by atoms with Gasteiger partial charge in [-0.2, -0.15) is 0 Å². The minimum absolute atomic E-state index is 0.277. The Labute approximate surface area is 109 Å². The number of hydrogen-bond acceptors (Lipinski definition) is 2. The maximum absolute atomic E-state index is 10.3. The van der Waals surface area contributed by atoms with Crippen LogP contribution in [-0.4, -0.2) is 17.7 Å². The number of benzene rings is 1. The lowest BCUT2D eigenvalue weighted by atomic mass is 10.1. The van der Waals surface area contributed by atoms with Crippen LogP contribution >= 0.6 is 0 Å². The number of carboxylic acid groups (broad SMARTS) is 1. The Kier molecular flexibility index (Phi) is 6.92. The Bertz CT molecular complexity index is 343. The average Bonchev–Trinajstić information content (AvgIpc) is 2.38. The Balaban J connectivity index is 2.05.